The zero-order chi connectivity index (χ0) is 24.6. The zero-order valence-electron chi connectivity index (χ0n) is 17.5. The second-order valence-corrected chi connectivity index (χ2v) is 12.0. The number of hydrogen-bond acceptors (Lipinski definition) is 5. The molecule has 0 spiro atoms. The summed E-state index contributed by atoms with van der Waals surface area (Å²) in [5.41, 5.74) is -1.35. The molecule has 1 aliphatic rings. The third kappa shape index (κ3) is 5.91. The van der Waals surface area contributed by atoms with Crippen LogP contribution in [0.1, 0.15) is 28.8 Å². The highest BCUT2D eigenvalue weighted by Crippen LogP contribution is 2.32. The predicted molar refractivity (Wildman–Crippen MR) is 112 cm³/mol. The molecule has 12 heteroatoms. The van der Waals surface area contributed by atoms with Crippen molar-refractivity contribution in [1.82, 2.24) is 4.90 Å². The first-order chi connectivity index (χ1) is 15.2. The van der Waals surface area contributed by atoms with E-state index in [0.717, 1.165) is 42.7 Å². The van der Waals surface area contributed by atoms with Crippen LogP contribution in [0.25, 0.3) is 0 Å². The van der Waals surface area contributed by atoms with Crippen molar-refractivity contribution >= 4 is 25.6 Å². The Morgan fingerprint density at radius 1 is 1.03 bits per heavy atom. The van der Waals surface area contributed by atoms with Crippen LogP contribution < -0.4 is 0 Å². The Morgan fingerprint density at radius 3 is 2.24 bits per heavy atom. The van der Waals surface area contributed by atoms with E-state index in [0.29, 0.717) is 6.07 Å². The predicted octanol–water partition coefficient (Wildman–Crippen LogP) is 3.57. The monoisotopic (exact) mass is 507 g/mol. The SMILES string of the molecule is CS(=O)(=O)c1ccc(F)cc1C(=O)N1CCC(CS(=O)(=O)c2cccc(C(F)(F)F)c2)CC1. The lowest BCUT2D eigenvalue weighted by molar-refractivity contribution is -0.137. The molecule has 1 aliphatic heterocycles. The van der Waals surface area contributed by atoms with Crippen LogP contribution in [0.4, 0.5) is 17.6 Å². The highest BCUT2D eigenvalue weighted by atomic mass is 32.2. The minimum atomic E-state index is -4.67. The van der Waals surface area contributed by atoms with E-state index in [4.69, 9.17) is 0 Å². The van der Waals surface area contributed by atoms with Gasteiger partial charge >= 0.3 is 6.18 Å². The van der Waals surface area contributed by atoms with Gasteiger partial charge in [0.2, 0.25) is 0 Å². The van der Waals surface area contributed by atoms with Gasteiger partial charge in [0, 0.05) is 19.3 Å². The number of carbonyl (C=O) groups excluding carboxylic acids is 1. The molecule has 1 heterocycles. The van der Waals surface area contributed by atoms with Crippen molar-refractivity contribution in [2.45, 2.75) is 28.8 Å². The summed E-state index contributed by atoms with van der Waals surface area (Å²) < 4.78 is 102. The Bertz CT molecular complexity index is 1270. The van der Waals surface area contributed by atoms with Gasteiger partial charge in [-0.2, -0.15) is 13.2 Å². The molecule has 0 aliphatic carbocycles. The zero-order valence-corrected chi connectivity index (χ0v) is 19.1. The first-order valence-electron chi connectivity index (χ1n) is 9.87. The van der Waals surface area contributed by atoms with Crippen molar-refractivity contribution in [3.63, 3.8) is 0 Å². The topological polar surface area (TPSA) is 88.6 Å². The van der Waals surface area contributed by atoms with Crippen molar-refractivity contribution in [3.8, 4) is 0 Å². The summed E-state index contributed by atoms with van der Waals surface area (Å²) in [6, 6.07) is 6.35. The molecule has 1 saturated heterocycles. The molecule has 0 bridgehead atoms. The minimum absolute atomic E-state index is 0.0985. The Labute approximate surface area is 189 Å². The molecule has 1 fully saturated rings. The van der Waals surface area contributed by atoms with E-state index in [-0.39, 0.29) is 42.1 Å². The number of carbonyl (C=O) groups is 1. The number of hydrogen-bond donors (Lipinski definition) is 0. The van der Waals surface area contributed by atoms with Crippen LogP contribution in [-0.4, -0.2) is 52.7 Å². The molecule has 0 N–H and O–H groups in total. The molecule has 180 valence electrons. The van der Waals surface area contributed by atoms with Crippen molar-refractivity contribution in [3.05, 3.63) is 59.4 Å². The van der Waals surface area contributed by atoms with Gasteiger partial charge in [-0.1, -0.05) is 6.07 Å². The highest BCUT2D eigenvalue weighted by Gasteiger charge is 2.33. The number of nitrogens with zero attached hydrogens (tertiary/aromatic N) is 1. The van der Waals surface area contributed by atoms with Gasteiger partial charge in [0.15, 0.2) is 19.7 Å². The number of sulfone groups is 2. The summed E-state index contributed by atoms with van der Waals surface area (Å²) in [7, 11) is -7.78. The van der Waals surface area contributed by atoms with E-state index >= 15 is 0 Å². The van der Waals surface area contributed by atoms with Crippen LogP contribution in [0.5, 0.6) is 0 Å². The molecule has 3 rings (SSSR count). The lowest BCUT2D eigenvalue weighted by Crippen LogP contribution is -2.40. The molecule has 0 radical (unpaired) electrons. The first-order valence-corrected chi connectivity index (χ1v) is 13.4. The number of benzene rings is 2. The summed E-state index contributed by atoms with van der Waals surface area (Å²) in [5, 5.41) is 0. The van der Waals surface area contributed by atoms with E-state index in [1.54, 1.807) is 0 Å². The van der Waals surface area contributed by atoms with Crippen molar-refractivity contribution in [2.24, 2.45) is 5.92 Å². The second-order valence-electron chi connectivity index (χ2n) is 7.96. The summed E-state index contributed by atoms with van der Waals surface area (Å²) >= 11 is 0. The van der Waals surface area contributed by atoms with Crippen LogP contribution in [-0.2, 0) is 25.9 Å². The summed E-state index contributed by atoms with van der Waals surface area (Å²) in [5.74, 6) is -2.25. The maximum atomic E-state index is 13.7. The van der Waals surface area contributed by atoms with Crippen molar-refractivity contribution in [1.29, 1.82) is 0 Å². The van der Waals surface area contributed by atoms with E-state index in [2.05, 4.69) is 0 Å². The van der Waals surface area contributed by atoms with Gasteiger partial charge in [-0.25, -0.2) is 21.2 Å². The fraction of sp³-hybridized carbons (Fsp3) is 0.381. The molecule has 6 nitrogen and oxygen atoms in total. The van der Waals surface area contributed by atoms with Gasteiger partial charge in [-0.3, -0.25) is 4.79 Å². The molecule has 0 saturated carbocycles. The van der Waals surface area contributed by atoms with E-state index in [1.807, 2.05) is 0 Å². The number of likely N-dealkylation sites (tertiary alicyclic amines) is 1. The van der Waals surface area contributed by atoms with Crippen molar-refractivity contribution in [2.75, 3.05) is 25.1 Å². The fourth-order valence-corrected chi connectivity index (χ4v) is 6.34. The Hall–Kier alpha value is -2.47. The number of rotatable bonds is 5. The summed E-state index contributed by atoms with van der Waals surface area (Å²) in [6.07, 6.45) is -3.28. The molecular weight excluding hydrogens is 486 g/mol. The van der Waals surface area contributed by atoms with Gasteiger partial charge in [0.25, 0.3) is 5.91 Å². The maximum Gasteiger partial charge on any atom is 0.416 e. The molecule has 2 aromatic carbocycles. The largest absolute Gasteiger partial charge is 0.416 e. The molecule has 0 unspecified atom stereocenters. The van der Waals surface area contributed by atoms with Gasteiger partial charge in [-0.05, 0) is 55.2 Å². The molecular formula is C21H21F4NO5S2. The normalized spacial score (nSPS) is 16.1. The van der Waals surface area contributed by atoms with Gasteiger partial charge in [-0.15, -0.1) is 0 Å². The van der Waals surface area contributed by atoms with Crippen molar-refractivity contribution < 1.29 is 39.2 Å². The van der Waals surface area contributed by atoms with Crippen LogP contribution in [0.2, 0.25) is 0 Å². The van der Waals surface area contributed by atoms with Gasteiger partial charge < -0.3 is 4.90 Å². The van der Waals surface area contributed by atoms with Crippen LogP contribution in [0, 0.1) is 11.7 Å². The lowest BCUT2D eigenvalue weighted by Gasteiger charge is -2.32. The van der Waals surface area contributed by atoms with E-state index < -0.39 is 54.0 Å². The van der Waals surface area contributed by atoms with Crippen LogP contribution >= 0.6 is 0 Å². The average Bonchev–Trinajstić information content (AvgIpc) is 2.72. The molecule has 0 atom stereocenters. The molecule has 2 aromatic rings. The molecule has 0 aromatic heterocycles. The van der Waals surface area contributed by atoms with Crippen LogP contribution in [0.15, 0.2) is 52.3 Å². The maximum absolute atomic E-state index is 13.7. The lowest BCUT2D eigenvalue weighted by atomic mass is 9.98. The number of halogens is 4. The smallest absolute Gasteiger partial charge is 0.339 e. The summed E-state index contributed by atoms with van der Waals surface area (Å²) in [6.45, 7) is 0.197. The molecule has 1 amide bonds. The fourth-order valence-electron chi connectivity index (χ4n) is 3.74. The van der Waals surface area contributed by atoms with Gasteiger partial charge in [0.05, 0.1) is 26.7 Å². The quantitative estimate of drug-likeness (QED) is 0.456. The van der Waals surface area contributed by atoms with Crippen LogP contribution in [0.3, 0.4) is 0 Å². The number of amides is 1. The second kappa shape index (κ2) is 9.05. The third-order valence-electron chi connectivity index (χ3n) is 5.45. The highest BCUT2D eigenvalue weighted by molar-refractivity contribution is 7.91. The standard InChI is InChI=1S/C21H21F4NO5S2/c1-32(28,29)19-6-5-16(22)12-18(19)20(27)26-9-7-14(8-10-26)13-33(30,31)17-4-2-3-15(11-17)21(23,24)25/h2-6,11-12,14H,7-10,13H2,1H3. The van der Waals surface area contributed by atoms with E-state index in [9.17, 15) is 39.2 Å². The van der Waals surface area contributed by atoms with Gasteiger partial charge in [0.1, 0.15) is 5.82 Å². The Balaban J connectivity index is 1.71. The van der Waals surface area contributed by atoms with E-state index in [1.165, 1.54) is 4.90 Å². The average molecular weight is 508 g/mol. The number of piperidine rings is 1. The summed E-state index contributed by atoms with van der Waals surface area (Å²) in [4.78, 5) is 13.4. The number of alkyl halides is 3. The third-order valence-corrected chi connectivity index (χ3v) is 8.49. The molecule has 33 heavy (non-hydrogen) atoms. The Kier molecular flexibility index (Phi) is 6.90. The minimum Gasteiger partial charge on any atom is -0.339 e. The first kappa shape index (κ1) is 25.2. The Morgan fingerprint density at radius 2 is 1.67 bits per heavy atom.